The van der Waals surface area contributed by atoms with Crippen LogP contribution in [0.1, 0.15) is 29.0 Å². The van der Waals surface area contributed by atoms with E-state index in [1.807, 2.05) is 0 Å². The number of amides is 2. The standard InChI is InChI=1S/C16H17FN2O5S/c1-9-11-3-2-4-12(17)15(11)24-14(9)16(21)19-18-13(20)7-10-5-6-25(22,23)8-10/h2-4,10H,5-8H2,1H3,(H,18,20)(H,19,21)/t10-/m0/s1. The van der Waals surface area contributed by atoms with E-state index in [0.717, 1.165) is 0 Å². The number of carbonyl (C=O) groups is 2. The second-order valence-electron chi connectivity index (χ2n) is 6.15. The number of hydrogen-bond donors (Lipinski definition) is 2. The molecule has 1 aromatic carbocycles. The average molecular weight is 368 g/mol. The van der Waals surface area contributed by atoms with Crippen molar-refractivity contribution in [2.24, 2.45) is 5.92 Å². The molecule has 0 bridgehead atoms. The molecule has 1 fully saturated rings. The fraction of sp³-hybridized carbons (Fsp3) is 0.375. The van der Waals surface area contributed by atoms with Gasteiger partial charge in [0.1, 0.15) is 0 Å². The van der Waals surface area contributed by atoms with Gasteiger partial charge in [0.15, 0.2) is 27.0 Å². The molecule has 0 spiro atoms. The Morgan fingerprint density at radius 3 is 2.72 bits per heavy atom. The lowest BCUT2D eigenvalue weighted by Gasteiger charge is -2.09. The normalized spacial score (nSPS) is 19.0. The maximum Gasteiger partial charge on any atom is 0.305 e. The average Bonchev–Trinajstić information content (AvgIpc) is 3.06. The Hall–Kier alpha value is -2.42. The minimum absolute atomic E-state index is 0.00719. The summed E-state index contributed by atoms with van der Waals surface area (Å²) in [6.07, 6.45) is 0.443. The van der Waals surface area contributed by atoms with Gasteiger partial charge in [0.25, 0.3) is 0 Å². The summed E-state index contributed by atoms with van der Waals surface area (Å²) in [5.41, 5.74) is 4.89. The largest absolute Gasteiger partial charge is 0.447 e. The fourth-order valence-corrected chi connectivity index (χ4v) is 4.82. The summed E-state index contributed by atoms with van der Waals surface area (Å²) >= 11 is 0. The van der Waals surface area contributed by atoms with Crippen LogP contribution in [-0.4, -0.2) is 31.7 Å². The number of fused-ring (bicyclic) bond motifs is 1. The molecular formula is C16H17FN2O5S. The van der Waals surface area contributed by atoms with Crippen LogP contribution in [0.25, 0.3) is 11.0 Å². The summed E-state index contributed by atoms with van der Waals surface area (Å²) in [7, 11) is -3.06. The van der Waals surface area contributed by atoms with Gasteiger partial charge in [-0.2, -0.15) is 0 Å². The van der Waals surface area contributed by atoms with Gasteiger partial charge in [-0.1, -0.05) is 12.1 Å². The number of hydrogen-bond acceptors (Lipinski definition) is 5. The fourth-order valence-electron chi connectivity index (χ4n) is 2.95. The minimum Gasteiger partial charge on any atom is -0.447 e. The van der Waals surface area contributed by atoms with E-state index in [1.165, 1.54) is 12.1 Å². The third-order valence-corrected chi connectivity index (χ3v) is 6.08. The number of para-hydroxylation sites is 1. The highest BCUT2D eigenvalue weighted by Crippen LogP contribution is 2.27. The predicted molar refractivity (Wildman–Crippen MR) is 87.9 cm³/mol. The van der Waals surface area contributed by atoms with Crippen LogP contribution in [0.5, 0.6) is 0 Å². The topological polar surface area (TPSA) is 105 Å². The van der Waals surface area contributed by atoms with Gasteiger partial charge in [-0.3, -0.25) is 20.4 Å². The SMILES string of the molecule is Cc1c(C(=O)NNC(=O)C[C@@H]2CCS(=O)(=O)C2)oc2c(F)cccc12. The number of nitrogens with one attached hydrogen (secondary N) is 2. The zero-order chi connectivity index (χ0) is 18.2. The zero-order valence-corrected chi connectivity index (χ0v) is 14.3. The molecule has 0 unspecified atom stereocenters. The number of aryl methyl sites for hydroxylation is 1. The van der Waals surface area contributed by atoms with Crippen molar-refractivity contribution in [3.05, 3.63) is 35.3 Å². The second kappa shape index (κ2) is 6.47. The van der Waals surface area contributed by atoms with Gasteiger partial charge >= 0.3 is 5.91 Å². The molecular weight excluding hydrogens is 351 g/mol. The van der Waals surface area contributed by atoms with Crippen molar-refractivity contribution in [3.8, 4) is 0 Å². The van der Waals surface area contributed by atoms with E-state index in [2.05, 4.69) is 10.9 Å². The van der Waals surface area contributed by atoms with Crippen LogP contribution in [-0.2, 0) is 14.6 Å². The number of hydrazine groups is 1. The zero-order valence-electron chi connectivity index (χ0n) is 13.5. The van der Waals surface area contributed by atoms with E-state index in [4.69, 9.17) is 4.42 Å². The number of rotatable bonds is 3. The van der Waals surface area contributed by atoms with Crippen molar-refractivity contribution in [2.45, 2.75) is 19.8 Å². The molecule has 1 saturated heterocycles. The molecule has 9 heteroatoms. The van der Waals surface area contributed by atoms with Crippen molar-refractivity contribution in [1.82, 2.24) is 10.9 Å². The molecule has 25 heavy (non-hydrogen) atoms. The molecule has 0 radical (unpaired) electrons. The Labute approximate surface area is 143 Å². The van der Waals surface area contributed by atoms with Crippen LogP contribution < -0.4 is 10.9 Å². The van der Waals surface area contributed by atoms with E-state index in [1.54, 1.807) is 13.0 Å². The first-order valence-corrected chi connectivity index (χ1v) is 9.56. The molecule has 1 atom stereocenters. The number of furan rings is 1. The van der Waals surface area contributed by atoms with Gasteiger partial charge in [0.2, 0.25) is 5.91 Å². The number of carbonyl (C=O) groups excluding carboxylic acids is 2. The highest BCUT2D eigenvalue weighted by atomic mass is 32.2. The summed E-state index contributed by atoms with van der Waals surface area (Å²) in [5.74, 6) is -2.05. The lowest BCUT2D eigenvalue weighted by Crippen LogP contribution is -2.42. The molecule has 7 nitrogen and oxygen atoms in total. The van der Waals surface area contributed by atoms with Crippen LogP contribution >= 0.6 is 0 Å². The molecule has 1 aliphatic heterocycles. The molecule has 134 valence electrons. The van der Waals surface area contributed by atoms with Gasteiger partial charge in [0, 0.05) is 17.4 Å². The van der Waals surface area contributed by atoms with Crippen LogP contribution in [0, 0.1) is 18.7 Å². The van der Waals surface area contributed by atoms with Crippen LogP contribution in [0.3, 0.4) is 0 Å². The highest BCUT2D eigenvalue weighted by Gasteiger charge is 2.29. The van der Waals surface area contributed by atoms with E-state index in [-0.39, 0.29) is 35.2 Å². The minimum atomic E-state index is -3.06. The van der Waals surface area contributed by atoms with Crippen molar-refractivity contribution < 1.29 is 26.8 Å². The van der Waals surface area contributed by atoms with Gasteiger partial charge in [-0.25, -0.2) is 12.8 Å². The molecule has 0 saturated carbocycles. The first-order valence-electron chi connectivity index (χ1n) is 7.74. The predicted octanol–water partition coefficient (Wildman–Crippen LogP) is 1.47. The number of benzene rings is 1. The molecule has 3 rings (SSSR count). The molecule has 2 N–H and O–H groups in total. The first-order chi connectivity index (χ1) is 11.8. The highest BCUT2D eigenvalue weighted by molar-refractivity contribution is 7.91. The molecule has 2 amide bonds. The van der Waals surface area contributed by atoms with E-state index in [0.29, 0.717) is 17.4 Å². The van der Waals surface area contributed by atoms with Gasteiger partial charge in [-0.05, 0) is 25.3 Å². The summed E-state index contributed by atoms with van der Waals surface area (Å²) in [4.78, 5) is 24.0. The Morgan fingerprint density at radius 2 is 2.08 bits per heavy atom. The Balaban J connectivity index is 1.62. The van der Waals surface area contributed by atoms with Gasteiger partial charge < -0.3 is 4.42 Å². The van der Waals surface area contributed by atoms with Crippen LogP contribution in [0.2, 0.25) is 0 Å². The maximum absolute atomic E-state index is 13.7. The van der Waals surface area contributed by atoms with Crippen molar-refractivity contribution in [2.75, 3.05) is 11.5 Å². The molecule has 2 heterocycles. The third-order valence-electron chi connectivity index (χ3n) is 4.24. The van der Waals surface area contributed by atoms with Gasteiger partial charge in [-0.15, -0.1) is 0 Å². The van der Waals surface area contributed by atoms with Crippen molar-refractivity contribution in [1.29, 1.82) is 0 Å². The third kappa shape index (κ3) is 3.65. The van der Waals surface area contributed by atoms with E-state index in [9.17, 15) is 22.4 Å². The van der Waals surface area contributed by atoms with Crippen LogP contribution in [0.15, 0.2) is 22.6 Å². The Kier molecular flexibility index (Phi) is 4.51. The molecule has 1 aromatic heterocycles. The smallest absolute Gasteiger partial charge is 0.305 e. The Bertz CT molecular complexity index is 951. The maximum atomic E-state index is 13.7. The van der Waals surface area contributed by atoms with E-state index < -0.39 is 27.5 Å². The summed E-state index contributed by atoms with van der Waals surface area (Å²) < 4.78 is 41.7. The van der Waals surface area contributed by atoms with E-state index >= 15 is 0 Å². The molecule has 1 aliphatic rings. The second-order valence-corrected chi connectivity index (χ2v) is 8.38. The molecule has 0 aliphatic carbocycles. The number of sulfone groups is 1. The lowest BCUT2D eigenvalue weighted by molar-refractivity contribution is -0.122. The number of halogens is 1. The molecule has 2 aromatic rings. The summed E-state index contributed by atoms with van der Waals surface area (Å²) in [5, 5.41) is 0.479. The monoisotopic (exact) mass is 368 g/mol. The lowest BCUT2D eigenvalue weighted by atomic mass is 10.1. The van der Waals surface area contributed by atoms with Gasteiger partial charge in [0.05, 0.1) is 11.5 Å². The van der Waals surface area contributed by atoms with Crippen LogP contribution in [0.4, 0.5) is 4.39 Å². The Morgan fingerprint density at radius 1 is 1.32 bits per heavy atom. The summed E-state index contributed by atoms with van der Waals surface area (Å²) in [6, 6.07) is 4.37. The summed E-state index contributed by atoms with van der Waals surface area (Å²) in [6.45, 7) is 1.62. The van der Waals surface area contributed by atoms with Crippen molar-refractivity contribution in [3.63, 3.8) is 0 Å². The quantitative estimate of drug-likeness (QED) is 0.798. The first kappa shape index (κ1) is 17.4. The van der Waals surface area contributed by atoms with Crippen molar-refractivity contribution >= 4 is 32.6 Å².